The van der Waals surface area contributed by atoms with Gasteiger partial charge in [0.15, 0.2) is 0 Å². The van der Waals surface area contributed by atoms with E-state index in [1.165, 1.54) is 17.7 Å². The number of rotatable bonds is 5. The van der Waals surface area contributed by atoms with Crippen LogP contribution in [0.3, 0.4) is 0 Å². The zero-order valence-corrected chi connectivity index (χ0v) is 16.3. The maximum Gasteiger partial charge on any atom is 0.416 e. The van der Waals surface area contributed by atoms with Crippen molar-refractivity contribution in [1.82, 2.24) is 14.8 Å². The summed E-state index contributed by atoms with van der Waals surface area (Å²) in [6.45, 7) is 6.53. The van der Waals surface area contributed by atoms with Crippen LogP contribution in [0.5, 0.6) is 0 Å². The Morgan fingerprint density at radius 3 is 2.48 bits per heavy atom. The van der Waals surface area contributed by atoms with E-state index in [9.17, 15) is 13.2 Å². The number of nitrogens with zero attached hydrogens (tertiary/aromatic N) is 3. The molecule has 29 heavy (non-hydrogen) atoms. The predicted octanol–water partition coefficient (Wildman–Crippen LogP) is 3.65. The third-order valence-electron chi connectivity index (χ3n) is 5.91. The molecule has 2 fully saturated rings. The molecule has 4 rings (SSSR count). The summed E-state index contributed by atoms with van der Waals surface area (Å²) in [5, 5.41) is 0. The lowest BCUT2D eigenvalue weighted by Crippen LogP contribution is -2.40. The number of pyridine rings is 1. The molecule has 2 aromatic rings. The molecule has 156 valence electrons. The van der Waals surface area contributed by atoms with Gasteiger partial charge in [0.05, 0.1) is 18.8 Å². The van der Waals surface area contributed by atoms with Gasteiger partial charge < -0.3 is 4.74 Å². The molecule has 0 bridgehead atoms. The molecule has 0 aliphatic carbocycles. The second-order valence-electron chi connectivity index (χ2n) is 7.95. The van der Waals surface area contributed by atoms with Gasteiger partial charge in [0.1, 0.15) is 0 Å². The fourth-order valence-electron chi connectivity index (χ4n) is 4.46. The molecule has 7 heteroatoms. The highest BCUT2D eigenvalue weighted by Gasteiger charge is 2.37. The van der Waals surface area contributed by atoms with Gasteiger partial charge in [-0.15, -0.1) is 0 Å². The lowest BCUT2D eigenvalue weighted by Gasteiger charge is -2.31. The number of ether oxygens (including phenoxy) is 1. The zero-order chi connectivity index (χ0) is 20.3. The van der Waals surface area contributed by atoms with E-state index in [-0.39, 0.29) is 5.92 Å². The van der Waals surface area contributed by atoms with E-state index < -0.39 is 11.7 Å². The van der Waals surface area contributed by atoms with Gasteiger partial charge >= 0.3 is 6.18 Å². The molecule has 2 aliphatic rings. The Kier molecular flexibility index (Phi) is 6.18. The quantitative estimate of drug-likeness (QED) is 0.759. The Labute approximate surface area is 169 Å². The van der Waals surface area contributed by atoms with E-state index in [0.29, 0.717) is 5.92 Å². The molecule has 2 aliphatic heterocycles. The number of alkyl halides is 3. The minimum Gasteiger partial charge on any atom is -0.379 e. The van der Waals surface area contributed by atoms with Gasteiger partial charge in [-0.25, -0.2) is 0 Å². The molecule has 2 saturated heterocycles. The largest absolute Gasteiger partial charge is 0.416 e. The van der Waals surface area contributed by atoms with Crippen LogP contribution < -0.4 is 0 Å². The molecule has 0 amide bonds. The minimum atomic E-state index is -4.31. The Morgan fingerprint density at radius 2 is 1.76 bits per heavy atom. The van der Waals surface area contributed by atoms with E-state index in [0.717, 1.165) is 64.1 Å². The summed E-state index contributed by atoms with van der Waals surface area (Å²) in [5.41, 5.74) is 1.40. The fraction of sp³-hybridized carbons (Fsp3) is 0.500. The van der Waals surface area contributed by atoms with Gasteiger partial charge in [-0.05, 0) is 35.2 Å². The first-order valence-electron chi connectivity index (χ1n) is 10.1. The van der Waals surface area contributed by atoms with Crippen molar-refractivity contribution < 1.29 is 17.9 Å². The minimum absolute atomic E-state index is 0.0852. The first-order chi connectivity index (χ1) is 14.0. The average molecular weight is 405 g/mol. The maximum absolute atomic E-state index is 13.3. The van der Waals surface area contributed by atoms with Crippen LogP contribution in [0.4, 0.5) is 13.2 Å². The molecule has 0 saturated carbocycles. The lowest BCUT2D eigenvalue weighted by atomic mass is 9.87. The van der Waals surface area contributed by atoms with Crippen LogP contribution in [0.15, 0.2) is 48.8 Å². The number of benzene rings is 1. The monoisotopic (exact) mass is 405 g/mol. The summed E-state index contributed by atoms with van der Waals surface area (Å²) in [4.78, 5) is 8.80. The van der Waals surface area contributed by atoms with Gasteiger partial charge in [-0.1, -0.05) is 18.2 Å². The summed E-state index contributed by atoms with van der Waals surface area (Å²) in [5.74, 6) is 0.375. The normalized spacial score (nSPS) is 24.1. The first-order valence-corrected chi connectivity index (χ1v) is 10.1. The highest BCUT2D eigenvalue weighted by Crippen LogP contribution is 2.37. The summed E-state index contributed by atoms with van der Waals surface area (Å²) in [7, 11) is 0. The summed E-state index contributed by atoms with van der Waals surface area (Å²) >= 11 is 0. The van der Waals surface area contributed by atoms with E-state index in [4.69, 9.17) is 4.74 Å². The smallest absolute Gasteiger partial charge is 0.379 e. The van der Waals surface area contributed by atoms with Gasteiger partial charge in [-0.3, -0.25) is 14.8 Å². The highest BCUT2D eigenvalue weighted by molar-refractivity contribution is 5.30. The summed E-state index contributed by atoms with van der Waals surface area (Å²) in [6.07, 6.45) is -0.757. The van der Waals surface area contributed by atoms with E-state index in [1.807, 2.05) is 18.2 Å². The Balaban J connectivity index is 1.54. The first kappa shape index (κ1) is 20.3. The third kappa shape index (κ3) is 5.15. The van der Waals surface area contributed by atoms with Gasteiger partial charge in [-0.2, -0.15) is 13.2 Å². The number of morpholine rings is 1. The molecule has 3 heterocycles. The number of aromatic nitrogens is 1. The van der Waals surface area contributed by atoms with Crippen LogP contribution in [0.25, 0.3) is 0 Å². The average Bonchev–Trinajstić information content (AvgIpc) is 3.11. The van der Waals surface area contributed by atoms with Gasteiger partial charge in [0.2, 0.25) is 0 Å². The van der Waals surface area contributed by atoms with Gasteiger partial charge in [0.25, 0.3) is 0 Å². The van der Waals surface area contributed by atoms with Crippen molar-refractivity contribution in [3.63, 3.8) is 0 Å². The van der Waals surface area contributed by atoms with Crippen molar-refractivity contribution in [2.24, 2.45) is 5.92 Å². The molecule has 1 aromatic carbocycles. The number of likely N-dealkylation sites (tertiary alicyclic amines) is 1. The summed E-state index contributed by atoms with van der Waals surface area (Å²) in [6, 6.07) is 9.87. The molecule has 0 radical (unpaired) electrons. The molecule has 4 nitrogen and oxygen atoms in total. The zero-order valence-electron chi connectivity index (χ0n) is 16.3. The van der Waals surface area contributed by atoms with E-state index in [2.05, 4.69) is 14.8 Å². The van der Waals surface area contributed by atoms with E-state index >= 15 is 0 Å². The van der Waals surface area contributed by atoms with Crippen LogP contribution >= 0.6 is 0 Å². The van der Waals surface area contributed by atoms with Crippen molar-refractivity contribution in [2.75, 3.05) is 45.9 Å². The van der Waals surface area contributed by atoms with Crippen molar-refractivity contribution in [3.05, 3.63) is 65.5 Å². The predicted molar refractivity (Wildman–Crippen MR) is 104 cm³/mol. The van der Waals surface area contributed by atoms with Crippen LogP contribution in [0.2, 0.25) is 0 Å². The molecule has 0 spiro atoms. The van der Waals surface area contributed by atoms with Crippen molar-refractivity contribution >= 4 is 0 Å². The number of halogens is 3. The Hall–Kier alpha value is -1.96. The number of hydrogen-bond acceptors (Lipinski definition) is 4. The lowest BCUT2D eigenvalue weighted by molar-refractivity contribution is -0.137. The van der Waals surface area contributed by atoms with Crippen molar-refractivity contribution in [2.45, 2.75) is 18.6 Å². The molecule has 1 aromatic heterocycles. The second kappa shape index (κ2) is 8.81. The van der Waals surface area contributed by atoms with Crippen LogP contribution in [-0.2, 0) is 17.5 Å². The van der Waals surface area contributed by atoms with Gasteiger partial charge in [0, 0.05) is 57.6 Å². The third-order valence-corrected chi connectivity index (χ3v) is 5.91. The van der Waals surface area contributed by atoms with Crippen LogP contribution in [-0.4, -0.2) is 60.7 Å². The molecule has 0 N–H and O–H groups in total. The summed E-state index contributed by atoms with van der Waals surface area (Å²) < 4.78 is 45.2. The number of hydrogen-bond donors (Lipinski definition) is 0. The Morgan fingerprint density at radius 1 is 1.00 bits per heavy atom. The van der Waals surface area contributed by atoms with Crippen molar-refractivity contribution in [3.8, 4) is 0 Å². The topological polar surface area (TPSA) is 28.6 Å². The standard InChI is InChI=1S/C22H26F3N3O/c23-22(24,25)20-3-1-2-18(12-20)21-16-28(13-17-4-6-26-7-5-17)15-19(21)14-27-8-10-29-11-9-27/h1-7,12,19,21H,8-11,13-16H2. The fourth-order valence-corrected chi connectivity index (χ4v) is 4.46. The second-order valence-corrected chi connectivity index (χ2v) is 7.95. The maximum atomic E-state index is 13.3. The van der Waals surface area contributed by atoms with Crippen LogP contribution in [0.1, 0.15) is 22.6 Å². The Bertz CT molecular complexity index is 793. The van der Waals surface area contributed by atoms with Crippen LogP contribution in [0, 0.1) is 5.92 Å². The van der Waals surface area contributed by atoms with E-state index in [1.54, 1.807) is 12.4 Å². The molecule has 2 atom stereocenters. The SMILES string of the molecule is FC(F)(F)c1cccc(C2CN(Cc3ccncc3)CC2CN2CCOCC2)c1. The molecular weight excluding hydrogens is 379 g/mol. The molecule has 2 unspecified atom stereocenters. The van der Waals surface area contributed by atoms with Crippen molar-refractivity contribution in [1.29, 1.82) is 0 Å². The molecular formula is C22H26F3N3O. The highest BCUT2D eigenvalue weighted by atomic mass is 19.4.